The van der Waals surface area contributed by atoms with Gasteiger partial charge in [0.1, 0.15) is 11.2 Å². The lowest BCUT2D eigenvalue weighted by atomic mass is 10.0. The van der Waals surface area contributed by atoms with Gasteiger partial charge >= 0.3 is 0 Å². The Labute approximate surface area is 166 Å². The molecule has 0 fully saturated rings. The maximum absolute atomic E-state index is 12.9. The molecule has 9 heteroatoms. The molecular weight excluding hydrogens is 368 g/mol. The smallest absolute Gasteiger partial charge is 0.278 e. The number of fused-ring (bicyclic) bond motifs is 2. The monoisotopic (exact) mass is 390 g/mol. The SMILES string of the molecule is CC(C)n1c(=O)c2cnc(Nc3ccc4c(c3)CCNC4)nc2n1-c1ccn[nH]1. The Morgan fingerprint density at radius 3 is 2.90 bits per heavy atom. The zero-order valence-corrected chi connectivity index (χ0v) is 16.3. The number of hydrogen-bond acceptors (Lipinski definition) is 6. The van der Waals surface area contributed by atoms with Gasteiger partial charge in [0.25, 0.3) is 5.56 Å². The fraction of sp³-hybridized carbons (Fsp3) is 0.300. The van der Waals surface area contributed by atoms with Crippen LogP contribution >= 0.6 is 0 Å². The Hall–Kier alpha value is -3.46. The van der Waals surface area contributed by atoms with Crippen molar-refractivity contribution in [3.63, 3.8) is 0 Å². The third kappa shape index (κ3) is 2.99. The molecule has 5 rings (SSSR count). The molecular formula is C20H22N8O. The zero-order valence-electron chi connectivity index (χ0n) is 16.3. The number of nitrogens with zero attached hydrogens (tertiary/aromatic N) is 5. The van der Waals surface area contributed by atoms with Crippen molar-refractivity contribution in [2.24, 2.45) is 0 Å². The van der Waals surface area contributed by atoms with Gasteiger partial charge in [0.15, 0.2) is 5.65 Å². The van der Waals surface area contributed by atoms with Crippen molar-refractivity contribution >= 4 is 22.7 Å². The van der Waals surface area contributed by atoms with E-state index in [-0.39, 0.29) is 11.6 Å². The van der Waals surface area contributed by atoms with E-state index in [9.17, 15) is 4.79 Å². The molecule has 0 saturated heterocycles. The maximum Gasteiger partial charge on any atom is 0.278 e. The van der Waals surface area contributed by atoms with Gasteiger partial charge in [-0.3, -0.25) is 9.89 Å². The quantitative estimate of drug-likeness (QED) is 0.494. The van der Waals surface area contributed by atoms with E-state index in [0.29, 0.717) is 22.8 Å². The molecule has 1 aliphatic heterocycles. The summed E-state index contributed by atoms with van der Waals surface area (Å²) >= 11 is 0. The minimum Gasteiger partial charge on any atom is -0.324 e. The van der Waals surface area contributed by atoms with Gasteiger partial charge in [0.05, 0.1) is 6.20 Å². The second kappa shape index (κ2) is 6.85. The summed E-state index contributed by atoms with van der Waals surface area (Å²) < 4.78 is 3.42. The van der Waals surface area contributed by atoms with Crippen LogP contribution in [-0.4, -0.2) is 36.1 Å². The summed E-state index contributed by atoms with van der Waals surface area (Å²) in [4.78, 5) is 22.0. The first-order chi connectivity index (χ1) is 14.1. The fourth-order valence-corrected chi connectivity index (χ4v) is 3.81. The van der Waals surface area contributed by atoms with Gasteiger partial charge in [-0.1, -0.05) is 6.07 Å². The van der Waals surface area contributed by atoms with Gasteiger partial charge in [0, 0.05) is 30.5 Å². The number of nitrogens with one attached hydrogen (secondary N) is 3. The number of anilines is 2. The van der Waals surface area contributed by atoms with Crippen LogP contribution in [-0.2, 0) is 13.0 Å². The highest BCUT2D eigenvalue weighted by Crippen LogP contribution is 2.23. The normalized spacial score (nSPS) is 13.8. The van der Waals surface area contributed by atoms with E-state index in [2.05, 4.69) is 42.9 Å². The van der Waals surface area contributed by atoms with Gasteiger partial charge in [-0.25, -0.2) is 14.3 Å². The van der Waals surface area contributed by atoms with Crippen LogP contribution in [0.4, 0.5) is 11.6 Å². The van der Waals surface area contributed by atoms with Crippen LogP contribution in [0, 0.1) is 0 Å². The minimum atomic E-state index is -0.127. The van der Waals surface area contributed by atoms with Crippen molar-refractivity contribution in [3.8, 4) is 5.82 Å². The van der Waals surface area contributed by atoms with E-state index in [1.807, 2.05) is 26.0 Å². The fourth-order valence-electron chi connectivity index (χ4n) is 3.81. The average Bonchev–Trinajstić information content (AvgIpc) is 3.34. The van der Waals surface area contributed by atoms with E-state index < -0.39 is 0 Å². The number of H-pyrrole nitrogens is 1. The summed E-state index contributed by atoms with van der Waals surface area (Å²) in [7, 11) is 0. The van der Waals surface area contributed by atoms with E-state index in [1.54, 1.807) is 21.8 Å². The molecule has 0 aliphatic carbocycles. The Kier molecular flexibility index (Phi) is 4.17. The topological polar surface area (TPSA) is 105 Å². The predicted octanol–water partition coefficient (Wildman–Crippen LogP) is 2.28. The van der Waals surface area contributed by atoms with Crippen molar-refractivity contribution in [1.82, 2.24) is 34.8 Å². The second-order valence-electron chi connectivity index (χ2n) is 7.46. The van der Waals surface area contributed by atoms with Crippen molar-refractivity contribution < 1.29 is 0 Å². The molecule has 0 spiro atoms. The summed E-state index contributed by atoms with van der Waals surface area (Å²) in [5.74, 6) is 1.12. The van der Waals surface area contributed by atoms with Crippen LogP contribution in [0.3, 0.4) is 0 Å². The molecule has 29 heavy (non-hydrogen) atoms. The van der Waals surface area contributed by atoms with Gasteiger partial charge in [0.2, 0.25) is 5.95 Å². The molecule has 3 N–H and O–H groups in total. The molecule has 0 atom stereocenters. The van der Waals surface area contributed by atoms with Crippen molar-refractivity contribution in [1.29, 1.82) is 0 Å². The first kappa shape index (κ1) is 17.6. The Morgan fingerprint density at radius 2 is 2.10 bits per heavy atom. The van der Waals surface area contributed by atoms with Crippen molar-refractivity contribution in [2.75, 3.05) is 11.9 Å². The number of hydrogen-bond donors (Lipinski definition) is 3. The standard InChI is InChI=1S/C20H22N8O/c1-12(2)27-19(29)16-11-22-20(25-18(16)28(27)17-6-8-23-26-17)24-15-4-3-14-10-21-7-5-13(14)9-15/h3-4,6,8-9,11-12,21H,5,7,10H2,1-2H3,(H,23,26)(H,22,24,25). The minimum absolute atomic E-state index is 0.0503. The number of aromatic nitrogens is 6. The van der Waals surface area contributed by atoms with Crippen molar-refractivity contribution in [2.45, 2.75) is 32.9 Å². The Balaban J connectivity index is 1.60. The maximum atomic E-state index is 12.9. The lowest BCUT2D eigenvalue weighted by molar-refractivity contribution is 0.471. The summed E-state index contributed by atoms with van der Waals surface area (Å²) in [6.45, 7) is 5.80. The molecule has 0 amide bonds. The summed E-state index contributed by atoms with van der Waals surface area (Å²) in [6, 6.07) is 8.06. The average molecular weight is 390 g/mol. The number of aromatic amines is 1. The third-order valence-corrected chi connectivity index (χ3v) is 5.18. The van der Waals surface area contributed by atoms with E-state index in [4.69, 9.17) is 0 Å². The largest absolute Gasteiger partial charge is 0.324 e. The van der Waals surface area contributed by atoms with Crippen LogP contribution in [0.2, 0.25) is 0 Å². The molecule has 148 valence electrons. The van der Waals surface area contributed by atoms with Crippen LogP contribution in [0.5, 0.6) is 0 Å². The molecule has 3 aromatic heterocycles. The van der Waals surface area contributed by atoms with Crippen LogP contribution in [0.15, 0.2) is 41.5 Å². The lowest BCUT2D eigenvalue weighted by Gasteiger charge is -2.18. The molecule has 9 nitrogen and oxygen atoms in total. The van der Waals surface area contributed by atoms with Crippen LogP contribution < -0.4 is 16.2 Å². The predicted molar refractivity (Wildman–Crippen MR) is 111 cm³/mol. The van der Waals surface area contributed by atoms with E-state index in [0.717, 1.165) is 25.2 Å². The molecule has 1 aliphatic rings. The molecule has 0 radical (unpaired) electrons. The van der Waals surface area contributed by atoms with Gasteiger partial charge < -0.3 is 10.6 Å². The highest BCUT2D eigenvalue weighted by molar-refractivity contribution is 5.77. The second-order valence-corrected chi connectivity index (χ2v) is 7.46. The molecule has 0 saturated carbocycles. The summed E-state index contributed by atoms with van der Waals surface area (Å²) in [5.41, 5.74) is 3.99. The van der Waals surface area contributed by atoms with Gasteiger partial charge in [-0.15, -0.1) is 0 Å². The number of rotatable bonds is 4. The third-order valence-electron chi connectivity index (χ3n) is 5.18. The molecule has 4 aromatic rings. The van der Waals surface area contributed by atoms with Gasteiger partial charge in [-0.05, 0) is 50.1 Å². The van der Waals surface area contributed by atoms with Crippen LogP contribution in [0.25, 0.3) is 16.9 Å². The first-order valence-electron chi connectivity index (χ1n) is 9.71. The molecule has 0 unspecified atom stereocenters. The van der Waals surface area contributed by atoms with E-state index in [1.165, 1.54) is 11.1 Å². The summed E-state index contributed by atoms with van der Waals surface area (Å²) in [6.07, 6.45) is 4.24. The van der Waals surface area contributed by atoms with E-state index >= 15 is 0 Å². The highest BCUT2D eigenvalue weighted by Gasteiger charge is 2.20. The van der Waals surface area contributed by atoms with Gasteiger partial charge in [-0.2, -0.15) is 10.1 Å². The molecule has 0 bridgehead atoms. The Morgan fingerprint density at radius 1 is 1.21 bits per heavy atom. The number of benzene rings is 1. The van der Waals surface area contributed by atoms with Crippen LogP contribution in [0.1, 0.15) is 31.0 Å². The molecule has 1 aromatic carbocycles. The lowest BCUT2D eigenvalue weighted by Crippen LogP contribution is -2.24. The van der Waals surface area contributed by atoms with Crippen molar-refractivity contribution in [3.05, 3.63) is 58.1 Å². The Bertz CT molecular complexity index is 1240. The summed E-state index contributed by atoms with van der Waals surface area (Å²) in [5, 5.41) is 14.1. The zero-order chi connectivity index (χ0) is 20.0. The highest BCUT2D eigenvalue weighted by atomic mass is 16.1. The first-order valence-corrected chi connectivity index (χ1v) is 9.71. The molecule has 4 heterocycles.